The molecule has 0 bridgehead atoms. The second-order valence-corrected chi connectivity index (χ2v) is 8.38. The van der Waals surface area contributed by atoms with Crippen molar-refractivity contribution in [3.05, 3.63) is 77.4 Å². The van der Waals surface area contributed by atoms with Crippen LogP contribution in [-0.2, 0) is 11.3 Å². The van der Waals surface area contributed by atoms with E-state index < -0.39 is 5.97 Å². The van der Waals surface area contributed by atoms with Crippen LogP contribution in [0.5, 0.6) is 17.2 Å². The van der Waals surface area contributed by atoms with E-state index >= 15 is 0 Å². The Morgan fingerprint density at radius 3 is 2.16 bits per heavy atom. The summed E-state index contributed by atoms with van der Waals surface area (Å²) >= 11 is 0. The highest BCUT2D eigenvalue weighted by Gasteiger charge is 2.25. The van der Waals surface area contributed by atoms with Gasteiger partial charge >= 0.3 is 5.97 Å². The van der Waals surface area contributed by atoms with E-state index in [0.717, 1.165) is 0 Å². The van der Waals surface area contributed by atoms with Crippen molar-refractivity contribution in [2.75, 3.05) is 57.4 Å². The molecule has 1 amide bonds. The van der Waals surface area contributed by atoms with Crippen LogP contribution in [0.25, 0.3) is 0 Å². The van der Waals surface area contributed by atoms with Crippen molar-refractivity contribution in [1.29, 1.82) is 0 Å². The molecule has 0 aromatic heterocycles. The van der Waals surface area contributed by atoms with E-state index in [4.69, 9.17) is 18.9 Å². The van der Waals surface area contributed by atoms with E-state index in [1.54, 1.807) is 54.6 Å². The molecule has 4 rings (SSSR count). The largest absolute Gasteiger partial charge is 0.496 e. The molecule has 37 heavy (non-hydrogen) atoms. The number of rotatable bonds is 9. The lowest BCUT2D eigenvalue weighted by atomic mass is 10.1. The minimum atomic E-state index is -1.07. The monoisotopic (exact) mass is 506 g/mol. The number of carbonyl (C=O) groups is 2. The van der Waals surface area contributed by atoms with E-state index in [9.17, 15) is 14.7 Å². The van der Waals surface area contributed by atoms with E-state index in [2.05, 4.69) is 0 Å². The number of benzene rings is 3. The van der Waals surface area contributed by atoms with Gasteiger partial charge in [-0.1, -0.05) is 18.2 Å². The van der Waals surface area contributed by atoms with Crippen LogP contribution in [-0.4, -0.2) is 64.6 Å². The molecule has 0 atom stereocenters. The lowest BCUT2D eigenvalue weighted by Crippen LogP contribution is -2.37. The number of methoxy groups -OCH3 is 3. The fourth-order valence-electron chi connectivity index (χ4n) is 4.35. The average molecular weight is 507 g/mol. The second-order valence-electron chi connectivity index (χ2n) is 8.38. The fraction of sp³-hybridized carbons (Fsp3) is 0.286. The van der Waals surface area contributed by atoms with E-state index in [0.29, 0.717) is 66.1 Å². The Kier molecular flexibility index (Phi) is 8.15. The Labute approximate surface area is 215 Å². The van der Waals surface area contributed by atoms with Crippen molar-refractivity contribution in [3.8, 4) is 17.2 Å². The molecule has 1 fully saturated rings. The third-order valence-corrected chi connectivity index (χ3v) is 6.25. The van der Waals surface area contributed by atoms with Crippen molar-refractivity contribution in [2.24, 2.45) is 0 Å². The average Bonchev–Trinajstić information content (AvgIpc) is 2.95. The quantitative estimate of drug-likeness (QED) is 0.464. The molecule has 1 aliphatic rings. The summed E-state index contributed by atoms with van der Waals surface area (Å²) in [7, 11) is 4.60. The molecule has 0 aliphatic carbocycles. The Balaban J connectivity index is 1.80. The van der Waals surface area contributed by atoms with Crippen LogP contribution in [0.4, 0.5) is 11.4 Å². The van der Waals surface area contributed by atoms with Crippen LogP contribution in [0.1, 0.15) is 26.3 Å². The second kappa shape index (κ2) is 11.7. The summed E-state index contributed by atoms with van der Waals surface area (Å²) in [4.78, 5) is 29.5. The number of hydrogen-bond donors (Lipinski definition) is 1. The highest BCUT2D eigenvalue weighted by Crippen LogP contribution is 2.37. The Morgan fingerprint density at radius 2 is 1.54 bits per heavy atom. The van der Waals surface area contributed by atoms with Gasteiger partial charge in [-0.05, 0) is 36.4 Å². The Hall–Kier alpha value is -4.24. The maximum atomic E-state index is 13.7. The molecule has 1 aliphatic heterocycles. The summed E-state index contributed by atoms with van der Waals surface area (Å²) in [6, 6.07) is 17.4. The van der Waals surface area contributed by atoms with Crippen LogP contribution in [0.3, 0.4) is 0 Å². The first-order valence-electron chi connectivity index (χ1n) is 11.8. The molecule has 194 valence electrons. The van der Waals surface area contributed by atoms with E-state index in [1.165, 1.54) is 26.2 Å². The zero-order chi connectivity index (χ0) is 26.4. The number of carboxylic acids is 1. The molecule has 1 saturated heterocycles. The molecule has 3 aromatic rings. The molecule has 9 heteroatoms. The maximum absolute atomic E-state index is 13.7. The summed E-state index contributed by atoms with van der Waals surface area (Å²) in [5.74, 6) is 0.130. The number of carbonyl (C=O) groups excluding carboxylic acids is 1. The predicted molar refractivity (Wildman–Crippen MR) is 139 cm³/mol. The zero-order valence-electron chi connectivity index (χ0n) is 21.1. The van der Waals surface area contributed by atoms with Gasteiger partial charge in [0.05, 0.1) is 52.3 Å². The van der Waals surface area contributed by atoms with Gasteiger partial charge in [-0.3, -0.25) is 4.79 Å². The molecule has 3 aromatic carbocycles. The normalized spacial score (nSPS) is 13.1. The zero-order valence-corrected chi connectivity index (χ0v) is 21.1. The molecular weight excluding hydrogens is 476 g/mol. The third kappa shape index (κ3) is 5.62. The number of anilines is 2. The first-order valence-corrected chi connectivity index (χ1v) is 11.8. The van der Waals surface area contributed by atoms with Gasteiger partial charge in [0.25, 0.3) is 5.91 Å². The van der Waals surface area contributed by atoms with Gasteiger partial charge in [-0.2, -0.15) is 0 Å². The molecular formula is C28H30N2O7. The highest BCUT2D eigenvalue weighted by molar-refractivity contribution is 6.07. The van der Waals surface area contributed by atoms with Crippen molar-refractivity contribution in [3.63, 3.8) is 0 Å². The van der Waals surface area contributed by atoms with E-state index in [-0.39, 0.29) is 18.0 Å². The van der Waals surface area contributed by atoms with Crippen LogP contribution in [0.2, 0.25) is 0 Å². The molecule has 1 N–H and O–H groups in total. The number of carboxylic acid groups (broad SMARTS) is 1. The number of morpholine rings is 1. The number of amides is 1. The smallest absolute Gasteiger partial charge is 0.337 e. The van der Waals surface area contributed by atoms with Gasteiger partial charge < -0.3 is 33.9 Å². The molecule has 9 nitrogen and oxygen atoms in total. The Bertz CT molecular complexity index is 1260. The van der Waals surface area contributed by atoms with Gasteiger partial charge in [0, 0.05) is 36.0 Å². The van der Waals surface area contributed by atoms with Crippen molar-refractivity contribution < 1.29 is 33.6 Å². The van der Waals surface area contributed by atoms with Gasteiger partial charge in [0.2, 0.25) is 0 Å². The standard InChI is InChI=1S/C28H30N2O7/c1-34-24-17-26(36-3)25(35-2)15-20(24)18-30(27(31)19-7-5-4-6-8-19)21-9-10-23(22(16-21)28(32)33)29-11-13-37-14-12-29/h4-10,15-17H,11-14,18H2,1-3H3,(H,32,33). The summed E-state index contributed by atoms with van der Waals surface area (Å²) in [5, 5.41) is 10.0. The fourth-order valence-corrected chi connectivity index (χ4v) is 4.35. The highest BCUT2D eigenvalue weighted by atomic mass is 16.5. The van der Waals surface area contributed by atoms with E-state index in [1.807, 2.05) is 11.0 Å². The van der Waals surface area contributed by atoms with Gasteiger partial charge in [0.15, 0.2) is 11.5 Å². The van der Waals surface area contributed by atoms with Gasteiger partial charge in [-0.25, -0.2) is 4.79 Å². The van der Waals surface area contributed by atoms with Crippen molar-refractivity contribution in [1.82, 2.24) is 0 Å². The lowest BCUT2D eigenvalue weighted by molar-refractivity contribution is 0.0695. The molecule has 0 spiro atoms. The molecule has 1 heterocycles. The van der Waals surface area contributed by atoms with Crippen molar-refractivity contribution in [2.45, 2.75) is 6.54 Å². The number of ether oxygens (including phenoxy) is 4. The summed E-state index contributed by atoms with van der Waals surface area (Å²) in [6.07, 6.45) is 0. The molecule has 0 unspecified atom stereocenters. The number of nitrogens with zero attached hydrogens (tertiary/aromatic N) is 2. The molecule has 0 radical (unpaired) electrons. The summed E-state index contributed by atoms with van der Waals surface area (Å²) in [5.41, 5.74) is 2.29. The number of hydrogen-bond acceptors (Lipinski definition) is 7. The summed E-state index contributed by atoms with van der Waals surface area (Å²) < 4.78 is 21.9. The predicted octanol–water partition coefficient (Wildman–Crippen LogP) is 4.09. The first kappa shape index (κ1) is 25.8. The van der Waals surface area contributed by atoms with Crippen LogP contribution < -0.4 is 24.0 Å². The third-order valence-electron chi connectivity index (χ3n) is 6.25. The first-order chi connectivity index (χ1) is 18.0. The van der Waals surface area contributed by atoms with Crippen LogP contribution in [0.15, 0.2) is 60.7 Å². The lowest BCUT2D eigenvalue weighted by Gasteiger charge is -2.31. The van der Waals surface area contributed by atoms with Gasteiger partial charge in [-0.15, -0.1) is 0 Å². The van der Waals surface area contributed by atoms with Gasteiger partial charge in [0.1, 0.15) is 5.75 Å². The minimum absolute atomic E-state index is 0.104. The number of aromatic carboxylic acids is 1. The van der Waals surface area contributed by atoms with Crippen LogP contribution >= 0.6 is 0 Å². The topological polar surface area (TPSA) is 97.8 Å². The van der Waals surface area contributed by atoms with Crippen LogP contribution in [0, 0.1) is 0 Å². The SMILES string of the molecule is COc1cc(OC)c(OC)cc1CN(C(=O)c1ccccc1)c1ccc(N2CCOCC2)c(C(=O)O)c1. The van der Waals surface area contributed by atoms with Crippen molar-refractivity contribution >= 4 is 23.3 Å². The Morgan fingerprint density at radius 1 is 0.892 bits per heavy atom. The maximum Gasteiger partial charge on any atom is 0.337 e. The molecule has 0 saturated carbocycles. The summed E-state index contributed by atoms with van der Waals surface area (Å²) in [6.45, 7) is 2.34. The minimum Gasteiger partial charge on any atom is -0.496 e.